The number of ether oxygens (including phenoxy) is 1. The molecule has 0 aromatic carbocycles. The number of rotatable bonds is 3. The van der Waals surface area contributed by atoms with Gasteiger partial charge >= 0.3 is 0 Å². The normalized spacial score (nSPS) is 25.5. The Labute approximate surface area is 120 Å². The van der Waals surface area contributed by atoms with Crippen molar-refractivity contribution >= 4 is 5.78 Å². The monoisotopic (exact) mass is 273 g/mol. The summed E-state index contributed by atoms with van der Waals surface area (Å²) in [6.07, 6.45) is 12.0. The molecule has 0 bridgehead atoms. The van der Waals surface area contributed by atoms with E-state index < -0.39 is 0 Å². The maximum atomic E-state index is 12.5. The van der Waals surface area contributed by atoms with Crippen LogP contribution in [0.15, 0.2) is 24.5 Å². The van der Waals surface area contributed by atoms with Crippen molar-refractivity contribution in [2.45, 2.75) is 57.0 Å². The van der Waals surface area contributed by atoms with E-state index in [0.29, 0.717) is 12.2 Å². The average molecular weight is 273 g/mol. The molecule has 1 saturated carbocycles. The predicted octanol–water partition coefficient (Wildman–Crippen LogP) is 3.32. The van der Waals surface area contributed by atoms with Gasteiger partial charge in [-0.3, -0.25) is 9.78 Å². The first-order valence-electron chi connectivity index (χ1n) is 7.83. The van der Waals surface area contributed by atoms with Crippen molar-refractivity contribution in [2.75, 3.05) is 6.61 Å². The molecule has 108 valence electrons. The van der Waals surface area contributed by atoms with Gasteiger partial charge in [-0.05, 0) is 37.3 Å². The first-order valence-corrected chi connectivity index (χ1v) is 7.83. The molecular weight excluding hydrogens is 250 g/mol. The van der Waals surface area contributed by atoms with E-state index in [-0.39, 0.29) is 11.5 Å². The number of hydrogen-bond donors (Lipinski definition) is 0. The molecule has 0 N–H and O–H groups in total. The molecule has 0 radical (unpaired) electrons. The zero-order chi connectivity index (χ0) is 13.8. The Kier molecular flexibility index (Phi) is 4.16. The van der Waals surface area contributed by atoms with E-state index in [9.17, 15) is 4.79 Å². The zero-order valence-electron chi connectivity index (χ0n) is 12.0. The number of carbonyl (C=O) groups excluding carboxylic acids is 1. The Morgan fingerprint density at radius 2 is 2.20 bits per heavy atom. The highest BCUT2D eigenvalue weighted by molar-refractivity contribution is 5.83. The second-order valence-corrected chi connectivity index (χ2v) is 6.29. The lowest BCUT2D eigenvalue weighted by Gasteiger charge is -2.43. The minimum Gasteiger partial charge on any atom is -0.375 e. The highest BCUT2D eigenvalue weighted by Gasteiger charge is 2.40. The average Bonchev–Trinajstić information content (AvgIpc) is 2.49. The third kappa shape index (κ3) is 3.09. The van der Waals surface area contributed by atoms with E-state index in [1.54, 1.807) is 12.4 Å². The molecule has 1 aromatic rings. The van der Waals surface area contributed by atoms with E-state index in [2.05, 4.69) is 4.98 Å². The van der Waals surface area contributed by atoms with Crippen molar-refractivity contribution in [1.29, 1.82) is 0 Å². The molecule has 1 unspecified atom stereocenters. The van der Waals surface area contributed by atoms with E-state index in [1.807, 2.05) is 12.1 Å². The van der Waals surface area contributed by atoms with E-state index in [1.165, 1.54) is 19.3 Å². The molecule has 2 heterocycles. The van der Waals surface area contributed by atoms with Gasteiger partial charge in [-0.15, -0.1) is 0 Å². The molecule has 1 aromatic heterocycles. The van der Waals surface area contributed by atoms with Gasteiger partial charge in [0, 0.05) is 31.3 Å². The topological polar surface area (TPSA) is 39.2 Å². The SMILES string of the molecule is O=C(Cc1cccnc1)C1CCOC2(CCCCC2)C1. The van der Waals surface area contributed by atoms with Crippen molar-refractivity contribution < 1.29 is 9.53 Å². The van der Waals surface area contributed by atoms with Crippen LogP contribution in [0.2, 0.25) is 0 Å². The van der Waals surface area contributed by atoms with E-state index >= 15 is 0 Å². The molecule has 1 atom stereocenters. The smallest absolute Gasteiger partial charge is 0.140 e. The van der Waals surface area contributed by atoms with Crippen LogP contribution in [0.5, 0.6) is 0 Å². The fourth-order valence-corrected chi connectivity index (χ4v) is 3.70. The lowest BCUT2D eigenvalue weighted by molar-refractivity contribution is -0.142. The van der Waals surface area contributed by atoms with E-state index in [4.69, 9.17) is 4.74 Å². The maximum absolute atomic E-state index is 12.5. The summed E-state index contributed by atoms with van der Waals surface area (Å²) in [6, 6.07) is 3.88. The molecule has 1 saturated heterocycles. The Morgan fingerprint density at radius 1 is 1.35 bits per heavy atom. The molecule has 0 amide bonds. The van der Waals surface area contributed by atoms with Gasteiger partial charge in [-0.2, -0.15) is 0 Å². The molecule has 20 heavy (non-hydrogen) atoms. The molecule has 1 aliphatic carbocycles. The highest BCUT2D eigenvalue weighted by Crippen LogP contribution is 2.41. The molecule has 3 rings (SSSR count). The fraction of sp³-hybridized carbons (Fsp3) is 0.647. The second kappa shape index (κ2) is 6.04. The number of nitrogens with zero attached hydrogens (tertiary/aromatic N) is 1. The Balaban J connectivity index is 1.63. The molecular formula is C17H23NO2. The van der Waals surface area contributed by atoms with Gasteiger partial charge in [0.25, 0.3) is 0 Å². The highest BCUT2D eigenvalue weighted by atomic mass is 16.5. The van der Waals surface area contributed by atoms with Crippen LogP contribution in [0, 0.1) is 5.92 Å². The van der Waals surface area contributed by atoms with Gasteiger partial charge in [0.15, 0.2) is 0 Å². The first kappa shape index (κ1) is 13.7. The number of ketones is 1. The van der Waals surface area contributed by atoms with Gasteiger partial charge < -0.3 is 4.74 Å². The standard InChI is InChI=1S/C17H23NO2/c19-16(11-14-5-4-9-18-13-14)15-6-10-20-17(12-15)7-2-1-3-8-17/h4-5,9,13,15H,1-3,6-8,10-12H2. The van der Waals surface area contributed by atoms with Gasteiger partial charge in [-0.1, -0.05) is 25.3 Å². The van der Waals surface area contributed by atoms with Crippen LogP contribution in [0.25, 0.3) is 0 Å². The van der Waals surface area contributed by atoms with Gasteiger partial charge in [0.2, 0.25) is 0 Å². The van der Waals surface area contributed by atoms with Gasteiger partial charge in [0.05, 0.1) is 5.60 Å². The quantitative estimate of drug-likeness (QED) is 0.848. The molecule has 3 nitrogen and oxygen atoms in total. The summed E-state index contributed by atoms with van der Waals surface area (Å²) in [6.45, 7) is 0.753. The lowest BCUT2D eigenvalue weighted by Crippen LogP contribution is -2.43. The molecule has 2 fully saturated rings. The number of pyridine rings is 1. The minimum atomic E-state index is 0.0196. The summed E-state index contributed by atoms with van der Waals surface area (Å²) in [5.74, 6) is 0.549. The molecule has 2 aliphatic rings. The number of carbonyl (C=O) groups is 1. The van der Waals surface area contributed by atoms with Crippen molar-refractivity contribution in [3.63, 3.8) is 0 Å². The van der Waals surface area contributed by atoms with Crippen LogP contribution in [0.4, 0.5) is 0 Å². The summed E-state index contributed by atoms with van der Waals surface area (Å²) in [5, 5.41) is 0. The largest absolute Gasteiger partial charge is 0.375 e. The molecule has 1 aliphatic heterocycles. The maximum Gasteiger partial charge on any atom is 0.140 e. The summed E-state index contributed by atoms with van der Waals surface area (Å²) in [5.41, 5.74) is 1.05. The van der Waals surface area contributed by atoms with Crippen molar-refractivity contribution in [3.8, 4) is 0 Å². The van der Waals surface area contributed by atoms with Crippen LogP contribution in [0.1, 0.15) is 50.5 Å². The van der Waals surface area contributed by atoms with E-state index in [0.717, 1.165) is 37.9 Å². The fourth-order valence-electron chi connectivity index (χ4n) is 3.70. The lowest BCUT2D eigenvalue weighted by atomic mass is 9.74. The van der Waals surface area contributed by atoms with Crippen molar-refractivity contribution in [1.82, 2.24) is 4.98 Å². The Morgan fingerprint density at radius 3 is 2.95 bits per heavy atom. The summed E-state index contributed by atoms with van der Waals surface area (Å²) in [4.78, 5) is 16.6. The van der Waals surface area contributed by atoms with Crippen LogP contribution in [0.3, 0.4) is 0 Å². The molecule has 3 heteroatoms. The first-order chi connectivity index (χ1) is 9.77. The summed E-state index contributed by atoms with van der Waals surface area (Å²) in [7, 11) is 0. The summed E-state index contributed by atoms with van der Waals surface area (Å²) >= 11 is 0. The third-order valence-corrected chi connectivity index (χ3v) is 4.81. The third-order valence-electron chi connectivity index (χ3n) is 4.81. The van der Waals surface area contributed by atoms with Crippen LogP contribution >= 0.6 is 0 Å². The van der Waals surface area contributed by atoms with Crippen LogP contribution in [-0.4, -0.2) is 23.0 Å². The Bertz CT molecular complexity index is 446. The zero-order valence-corrected chi connectivity index (χ0v) is 12.0. The second-order valence-electron chi connectivity index (χ2n) is 6.29. The number of hydrogen-bond acceptors (Lipinski definition) is 3. The predicted molar refractivity (Wildman–Crippen MR) is 77.4 cm³/mol. The van der Waals surface area contributed by atoms with Crippen molar-refractivity contribution in [3.05, 3.63) is 30.1 Å². The van der Waals surface area contributed by atoms with Crippen LogP contribution < -0.4 is 0 Å². The van der Waals surface area contributed by atoms with Gasteiger partial charge in [-0.25, -0.2) is 0 Å². The Hall–Kier alpha value is -1.22. The van der Waals surface area contributed by atoms with Crippen LogP contribution in [-0.2, 0) is 16.0 Å². The van der Waals surface area contributed by atoms with Crippen molar-refractivity contribution in [2.24, 2.45) is 5.92 Å². The summed E-state index contributed by atoms with van der Waals surface area (Å²) < 4.78 is 6.07. The number of aromatic nitrogens is 1. The minimum absolute atomic E-state index is 0.0196. The number of Topliss-reactive ketones (excluding diaryl/α,β-unsaturated/α-hetero) is 1. The van der Waals surface area contributed by atoms with Gasteiger partial charge in [0.1, 0.15) is 5.78 Å². The molecule has 1 spiro atoms.